The lowest BCUT2D eigenvalue weighted by atomic mass is 10.1. The predicted molar refractivity (Wildman–Crippen MR) is 51.1 cm³/mol. The molecule has 4 nitrogen and oxygen atoms in total. The van der Waals surface area contributed by atoms with Crippen molar-refractivity contribution in [3.63, 3.8) is 0 Å². The van der Waals surface area contributed by atoms with Crippen molar-refractivity contribution in [2.24, 2.45) is 27.1 Å². The first-order valence-electron chi connectivity index (χ1n) is 4.37. The largest absolute Gasteiger partial charge is 0.388 e. The first kappa shape index (κ1) is 11.1. The summed E-state index contributed by atoms with van der Waals surface area (Å²) < 4.78 is 0. The molecule has 12 heavy (non-hydrogen) atoms. The minimum atomic E-state index is 0.754. The van der Waals surface area contributed by atoms with Gasteiger partial charge in [-0.2, -0.15) is 5.11 Å². The molecule has 0 aliphatic rings. The summed E-state index contributed by atoms with van der Waals surface area (Å²) in [5, 5.41) is 10.7. The zero-order chi connectivity index (χ0) is 9.23. The standard InChI is InChI=1S/C8H18N4/c1-8(2)5-3-4-6-10-12-11-7-9/h7-8H,3-6H2,1-2H3,(H2,9,10,11). The number of nitrogens with zero attached hydrogens (tertiary/aromatic N) is 3. The summed E-state index contributed by atoms with van der Waals surface area (Å²) in [4.78, 5) is 0. The molecule has 0 rings (SSSR count). The maximum absolute atomic E-state index is 4.96. The Morgan fingerprint density at radius 3 is 2.67 bits per heavy atom. The van der Waals surface area contributed by atoms with Crippen LogP contribution in [0.2, 0.25) is 0 Å². The van der Waals surface area contributed by atoms with Crippen LogP contribution in [0.4, 0.5) is 0 Å². The van der Waals surface area contributed by atoms with E-state index in [1.165, 1.54) is 12.8 Å². The Hall–Kier alpha value is -0.930. The Labute approximate surface area is 73.9 Å². The molecule has 0 amide bonds. The smallest absolute Gasteiger partial charge is 0.110 e. The fourth-order valence-electron chi connectivity index (χ4n) is 0.846. The highest BCUT2D eigenvalue weighted by molar-refractivity contribution is 5.50. The fourth-order valence-corrected chi connectivity index (χ4v) is 0.846. The van der Waals surface area contributed by atoms with Crippen molar-refractivity contribution in [2.75, 3.05) is 6.54 Å². The quantitative estimate of drug-likeness (QED) is 0.214. The summed E-state index contributed by atoms with van der Waals surface area (Å²) in [5.41, 5.74) is 4.96. The van der Waals surface area contributed by atoms with Crippen molar-refractivity contribution >= 4 is 6.34 Å². The molecule has 0 bridgehead atoms. The van der Waals surface area contributed by atoms with Gasteiger partial charge in [0.05, 0.1) is 6.54 Å². The van der Waals surface area contributed by atoms with E-state index < -0.39 is 0 Å². The summed E-state index contributed by atoms with van der Waals surface area (Å²) in [6.45, 7) is 5.20. The first-order valence-corrected chi connectivity index (χ1v) is 4.37. The van der Waals surface area contributed by atoms with Crippen LogP contribution in [-0.4, -0.2) is 12.9 Å². The Morgan fingerprint density at radius 2 is 2.08 bits per heavy atom. The zero-order valence-electron chi connectivity index (χ0n) is 7.90. The van der Waals surface area contributed by atoms with E-state index in [1.54, 1.807) is 0 Å². The third kappa shape index (κ3) is 9.07. The van der Waals surface area contributed by atoms with Gasteiger partial charge in [-0.1, -0.05) is 26.7 Å². The number of hydrogen-bond donors (Lipinski definition) is 1. The van der Waals surface area contributed by atoms with Crippen molar-refractivity contribution in [3.8, 4) is 0 Å². The van der Waals surface area contributed by atoms with Crippen molar-refractivity contribution in [2.45, 2.75) is 33.1 Å². The maximum Gasteiger partial charge on any atom is 0.110 e. The van der Waals surface area contributed by atoms with Crippen molar-refractivity contribution < 1.29 is 0 Å². The van der Waals surface area contributed by atoms with E-state index in [0.29, 0.717) is 0 Å². The van der Waals surface area contributed by atoms with Gasteiger partial charge in [0.1, 0.15) is 6.34 Å². The number of unbranched alkanes of at least 4 members (excludes halogenated alkanes) is 1. The molecule has 0 saturated heterocycles. The van der Waals surface area contributed by atoms with Crippen LogP contribution in [0.15, 0.2) is 15.4 Å². The van der Waals surface area contributed by atoms with Gasteiger partial charge in [-0.25, -0.2) is 0 Å². The van der Waals surface area contributed by atoms with Gasteiger partial charge in [-0.3, -0.25) is 0 Å². The van der Waals surface area contributed by atoms with Gasteiger partial charge in [-0.15, -0.1) is 5.10 Å². The Morgan fingerprint density at radius 1 is 1.33 bits per heavy atom. The van der Waals surface area contributed by atoms with E-state index in [-0.39, 0.29) is 0 Å². The monoisotopic (exact) mass is 170 g/mol. The van der Waals surface area contributed by atoms with E-state index in [9.17, 15) is 0 Å². The Balaban J connectivity index is 3.10. The molecule has 70 valence electrons. The molecule has 0 atom stereocenters. The lowest BCUT2D eigenvalue weighted by Crippen LogP contribution is -1.88. The highest BCUT2D eigenvalue weighted by Gasteiger charge is 1.92. The van der Waals surface area contributed by atoms with Crippen LogP contribution in [0.3, 0.4) is 0 Å². The number of rotatable bonds is 6. The lowest BCUT2D eigenvalue weighted by Gasteiger charge is -2.00. The van der Waals surface area contributed by atoms with Gasteiger partial charge in [-0.05, 0) is 17.6 Å². The maximum atomic E-state index is 4.96. The molecule has 0 aromatic carbocycles. The minimum Gasteiger partial charge on any atom is -0.388 e. The summed E-state index contributed by atoms with van der Waals surface area (Å²) in [6, 6.07) is 0. The van der Waals surface area contributed by atoms with Crippen molar-refractivity contribution in [1.29, 1.82) is 0 Å². The number of nitrogens with two attached hydrogens (primary N) is 1. The van der Waals surface area contributed by atoms with Crippen LogP contribution in [0.25, 0.3) is 0 Å². The van der Waals surface area contributed by atoms with Gasteiger partial charge < -0.3 is 5.73 Å². The highest BCUT2D eigenvalue weighted by Crippen LogP contribution is 2.05. The van der Waals surface area contributed by atoms with E-state index in [4.69, 9.17) is 5.73 Å². The van der Waals surface area contributed by atoms with Crippen LogP contribution in [0.1, 0.15) is 33.1 Å². The second-order valence-corrected chi connectivity index (χ2v) is 3.11. The van der Waals surface area contributed by atoms with Crippen LogP contribution in [-0.2, 0) is 0 Å². The van der Waals surface area contributed by atoms with E-state index in [2.05, 4.69) is 29.3 Å². The molecule has 4 heteroatoms. The summed E-state index contributed by atoms with van der Waals surface area (Å²) in [6.07, 6.45) is 4.69. The molecular formula is C8H18N4. The fraction of sp³-hybridized carbons (Fsp3) is 0.875. The minimum absolute atomic E-state index is 0.754. The van der Waals surface area contributed by atoms with Crippen molar-refractivity contribution in [1.82, 2.24) is 0 Å². The molecule has 0 aliphatic carbocycles. The summed E-state index contributed by atoms with van der Waals surface area (Å²) in [7, 11) is 0. The molecule has 0 spiro atoms. The third-order valence-corrected chi connectivity index (χ3v) is 1.47. The average Bonchev–Trinajstić information content (AvgIpc) is 2.02. The van der Waals surface area contributed by atoms with Gasteiger partial charge in [0.15, 0.2) is 0 Å². The first-order chi connectivity index (χ1) is 5.77. The third-order valence-electron chi connectivity index (χ3n) is 1.47. The topological polar surface area (TPSA) is 63.1 Å². The van der Waals surface area contributed by atoms with Gasteiger partial charge in [0.25, 0.3) is 0 Å². The van der Waals surface area contributed by atoms with Crippen molar-refractivity contribution in [3.05, 3.63) is 0 Å². The molecule has 0 fully saturated rings. The molecule has 2 N–H and O–H groups in total. The molecular weight excluding hydrogens is 152 g/mol. The Bertz CT molecular complexity index is 140. The normalized spacial score (nSPS) is 12.2. The van der Waals surface area contributed by atoms with E-state index in [1.807, 2.05) is 0 Å². The number of hydrogen-bond acceptors (Lipinski definition) is 2. The van der Waals surface area contributed by atoms with Crippen LogP contribution in [0, 0.1) is 5.92 Å². The molecule has 0 aromatic rings. The summed E-state index contributed by atoms with van der Waals surface area (Å²) >= 11 is 0. The van der Waals surface area contributed by atoms with Gasteiger partial charge in [0.2, 0.25) is 0 Å². The lowest BCUT2D eigenvalue weighted by molar-refractivity contribution is 0.538. The van der Waals surface area contributed by atoms with Gasteiger partial charge in [0, 0.05) is 0 Å². The molecule has 0 aliphatic heterocycles. The van der Waals surface area contributed by atoms with Gasteiger partial charge >= 0.3 is 0 Å². The van der Waals surface area contributed by atoms with Crippen LogP contribution < -0.4 is 5.73 Å². The predicted octanol–water partition coefficient (Wildman–Crippen LogP) is 2.17. The zero-order valence-corrected chi connectivity index (χ0v) is 7.90. The SMILES string of the molecule is CC(C)CCCCN=NN=CN. The second-order valence-electron chi connectivity index (χ2n) is 3.11. The van der Waals surface area contributed by atoms with Crippen LogP contribution in [0.5, 0.6) is 0 Å². The molecule has 0 radical (unpaired) electrons. The molecule has 0 aromatic heterocycles. The van der Waals surface area contributed by atoms with E-state index >= 15 is 0 Å². The second kappa shape index (κ2) is 8.17. The average molecular weight is 170 g/mol. The van der Waals surface area contributed by atoms with Crippen LogP contribution >= 0.6 is 0 Å². The summed E-state index contributed by atoms with van der Waals surface area (Å²) in [5.74, 6) is 0.781. The molecule has 0 heterocycles. The van der Waals surface area contributed by atoms with E-state index in [0.717, 1.165) is 25.2 Å². The highest BCUT2D eigenvalue weighted by atomic mass is 15.4. The molecule has 0 saturated carbocycles. The Kier molecular flexibility index (Phi) is 7.54. The molecule has 0 unspecified atom stereocenters.